The van der Waals surface area contributed by atoms with E-state index >= 15 is 0 Å². The van der Waals surface area contributed by atoms with Crippen LogP contribution in [0.1, 0.15) is 25.3 Å². The third kappa shape index (κ3) is 4.53. The van der Waals surface area contributed by atoms with Crippen molar-refractivity contribution in [3.05, 3.63) is 40.3 Å². The van der Waals surface area contributed by atoms with Gasteiger partial charge in [0.1, 0.15) is 0 Å². The van der Waals surface area contributed by atoms with Gasteiger partial charge in [-0.05, 0) is 25.0 Å². The van der Waals surface area contributed by atoms with Crippen molar-refractivity contribution in [1.29, 1.82) is 5.26 Å². The van der Waals surface area contributed by atoms with E-state index in [1.807, 2.05) is 4.90 Å². The number of hydrogen-bond donors (Lipinski definition) is 2. The van der Waals surface area contributed by atoms with Crippen LogP contribution in [0.2, 0.25) is 5.02 Å². The van der Waals surface area contributed by atoms with E-state index in [9.17, 15) is 10.1 Å². The molecule has 4 heterocycles. The highest BCUT2D eigenvalue weighted by Gasteiger charge is 2.35. The van der Waals surface area contributed by atoms with Crippen LogP contribution in [0.15, 0.2) is 18.3 Å². The molecule has 3 aromatic rings. The summed E-state index contributed by atoms with van der Waals surface area (Å²) in [5.41, 5.74) is 2.24. The number of aromatic nitrogens is 4. The number of nitrogens with zero attached hydrogens (tertiary/aromatic N) is 9. The number of rotatable bonds is 6. The number of fused-ring (bicyclic) bond motifs is 1. The number of imidazole rings is 1. The molecule has 2 aliphatic heterocycles. The molecular formula is C25H26ClN11O. The average Bonchev–Trinajstić information content (AvgIpc) is 3.60. The van der Waals surface area contributed by atoms with Crippen LogP contribution in [0.4, 0.5) is 29.0 Å². The van der Waals surface area contributed by atoms with Crippen LogP contribution < -0.4 is 15.5 Å². The van der Waals surface area contributed by atoms with E-state index in [1.165, 1.54) is 10.7 Å². The highest BCUT2D eigenvalue weighted by Crippen LogP contribution is 2.37. The molecule has 1 saturated carbocycles. The molecule has 0 atom stereocenters. The lowest BCUT2D eigenvalue weighted by molar-refractivity contribution is -0.136. The Hall–Kier alpha value is -4.13. The Balaban J connectivity index is 1.24. The summed E-state index contributed by atoms with van der Waals surface area (Å²) in [4.78, 5) is 30.4. The summed E-state index contributed by atoms with van der Waals surface area (Å²) in [5, 5.41) is 21.2. The van der Waals surface area contributed by atoms with Crippen LogP contribution in [0.5, 0.6) is 0 Å². The van der Waals surface area contributed by atoms with Gasteiger partial charge in [0, 0.05) is 58.3 Å². The number of hydrogen-bond acceptors (Lipinski definition) is 9. The van der Waals surface area contributed by atoms with Crippen molar-refractivity contribution in [2.24, 2.45) is 0 Å². The highest BCUT2D eigenvalue weighted by atomic mass is 35.5. The van der Waals surface area contributed by atoms with E-state index in [1.54, 1.807) is 19.1 Å². The van der Waals surface area contributed by atoms with Crippen molar-refractivity contribution in [3.8, 4) is 6.07 Å². The zero-order valence-electron chi connectivity index (χ0n) is 20.9. The third-order valence-electron chi connectivity index (χ3n) is 7.28. The summed E-state index contributed by atoms with van der Waals surface area (Å²) in [6.07, 6.45) is 3.58. The Labute approximate surface area is 224 Å². The molecule has 13 heteroatoms. The first-order chi connectivity index (χ1) is 18.4. The Morgan fingerprint density at radius 3 is 2.66 bits per heavy atom. The zero-order chi connectivity index (χ0) is 26.4. The van der Waals surface area contributed by atoms with Crippen LogP contribution in [0.25, 0.3) is 10.5 Å². The SMILES string of the molecule is [C-]#[N+]c1cnc2c(NC3CC3)nc(Nc3cc(C#N)cc(N4CCN(C5CN(C(C)=O)C5)CC4)c3Cl)nn12. The monoisotopic (exact) mass is 531 g/mol. The standard InChI is InChI=1S/C25H26ClN11O/c1-15(38)36-13-18(14-36)34-5-7-35(8-6-34)20-10-16(11-27)9-19(22(20)26)31-25-32-23(30-17-3-4-17)24-29-12-21(28-2)37(24)33-25/h9-10,12,17-18H,3-8,13-14H2,1H3,(H2,30,31,32,33). The summed E-state index contributed by atoms with van der Waals surface area (Å²) in [6.45, 7) is 13.8. The highest BCUT2D eigenvalue weighted by molar-refractivity contribution is 6.36. The van der Waals surface area contributed by atoms with Gasteiger partial charge in [-0.1, -0.05) is 23.3 Å². The molecule has 6 rings (SSSR count). The second-order valence-electron chi connectivity index (χ2n) is 9.86. The minimum Gasteiger partial charge on any atom is -0.368 e. The maximum atomic E-state index is 11.5. The fourth-order valence-electron chi connectivity index (χ4n) is 4.90. The summed E-state index contributed by atoms with van der Waals surface area (Å²) in [5.74, 6) is 1.19. The maximum Gasteiger partial charge on any atom is 0.275 e. The second kappa shape index (κ2) is 9.63. The van der Waals surface area contributed by atoms with E-state index < -0.39 is 0 Å². The van der Waals surface area contributed by atoms with Crippen molar-refractivity contribution in [2.45, 2.75) is 31.8 Å². The molecule has 1 amide bonds. The number of benzene rings is 1. The molecule has 0 bridgehead atoms. The van der Waals surface area contributed by atoms with Crippen LogP contribution >= 0.6 is 11.6 Å². The number of anilines is 4. The molecule has 0 unspecified atom stereocenters. The van der Waals surface area contributed by atoms with Gasteiger partial charge in [-0.3, -0.25) is 9.69 Å². The summed E-state index contributed by atoms with van der Waals surface area (Å²) < 4.78 is 1.46. The van der Waals surface area contributed by atoms with E-state index in [0.717, 1.165) is 57.8 Å². The minimum atomic E-state index is 0.122. The van der Waals surface area contributed by atoms with Crippen molar-refractivity contribution in [2.75, 3.05) is 54.8 Å². The molecule has 1 aliphatic carbocycles. The van der Waals surface area contributed by atoms with Crippen LogP contribution in [0, 0.1) is 17.9 Å². The van der Waals surface area contributed by atoms with Gasteiger partial charge < -0.3 is 25.3 Å². The molecule has 2 N–H and O–H groups in total. The van der Waals surface area contributed by atoms with E-state index in [2.05, 4.69) is 46.4 Å². The predicted octanol–water partition coefficient (Wildman–Crippen LogP) is 2.87. The summed E-state index contributed by atoms with van der Waals surface area (Å²) >= 11 is 6.89. The molecule has 2 aromatic heterocycles. The topological polar surface area (TPSA) is 122 Å². The molecule has 2 saturated heterocycles. The molecule has 1 aromatic carbocycles. The van der Waals surface area contributed by atoms with Gasteiger partial charge >= 0.3 is 0 Å². The predicted molar refractivity (Wildman–Crippen MR) is 143 cm³/mol. The van der Waals surface area contributed by atoms with Crippen LogP contribution in [-0.4, -0.2) is 86.6 Å². The summed E-state index contributed by atoms with van der Waals surface area (Å²) in [7, 11) is 0. The fourth-order valence-corrected chi connectivity index (χ4v) is 5.18. The van der Waals surface area contributed by atoms with E-state index in [4.69, 9.17) is 18.2 Å². The number of likely N-dealkylation sites (tertiary alicyclic amines) is 1. The Morgan fingerprint density at radius 2 is 2.00 bits per heavy atom. The normalized spacial score (nSPS) is 18.1. The van der Waals surface area contributed by atoms with Gasteiger partial charge in [0.2, 0.25) is 5.91 Å². The Bertz CT molecular complexity index is 1490. The van der Waals surface area contributed by atoms with Crippen molar-refractivity contribution < 1.29 is 4.79 Å². The molecule has 0 spiro atoms. The van der Waals surface area contributed by atoms with E-state index in [0.29, 0.717) is 39.8 Å². The zero-order valence-corrected chi connectivity index (χ0v) is 21.6. The summed E-state index contributed by atoms with van der Waals surface area (Å²) in [6, 6.07) is 6.44. The first-order valence-electron chi connectivity index (χ1n) is 12.6. The second-order valence-corrected chi connectivity index (χ2v) is 10.2. The largest absolute Gasteiger partial charge is 0.368 e. The maximum absolute atomic E-state index is 11.5. The van der Waals surface area contributed by atoms with Crippen LogP contribution in [-0.2, 0) is 4.79 Å². The van der Waals surface area contributed by atoms with E-state index in [-0.39, 0.29) is 17.7 Å². The molecule has 38 heavy (non-hydrogen) atoms. The van der Waals surface area contributed by atoms with Crippen LogP contribution in [0.3, 0.4) is 0 Å². The van der Waals surface area contributed by atoms with Gasteiger partial charge in [-0.25, -0.2) is 4.98 Å². The van der Waals surface area contributed by atoms with Gasteiger partial charge in [0.05, 0.1) is 34.2 Å². The number of amides is 1. The first kappa shape index (κ1) is 24.2. The number of carbonyl (C=O) groups excluding carboxylic acids is 1. The first-order valence-corrected chi connectivity index (χ1v) is 13.0. The number of halogens is 1. The Kier molecular flexibility index (Phi) is 6.14. The number of nitrogens with one attached hydrogen (secondary N) is 2. The van der Waals surface area contributed by atoms with Crippen molar-refractivity contribution in [1.82, 2.24) is 29.4 Å². The van der Waals surface area contributed by atoms with Gasteiger partial charge in [0.25, 0.3) is 17.4 Å². The lowest BCUT2D eigenvalue weighted by Crippen LogP contribution is -2.64. The number of carbonyl (C=O) groups is 1. The van der Waals surface area contributed by atoms with Crippen molar-refractivity contribution >= 4 is 52.1 Å². The average molecular weight is 532 g/mol. The Morgan fingerprint density at radius 1 is 1.24 bits per heavy atom. The molecule has 194 valence electrons. The van der Waals surface area contributed by atoms with Crippen molar-refractivity contribution in [3.63, 3.8) is 0 Å². The van der Waals surface area contributed by atoms with Gasteiger partial charge in [-0.15, -0.1) is 4.52 Å². The fraction of sp³-hybridized carbons (Fsp3) is 0.440. The molecule has 12 nitrogen and oxygen atoms in total. The lowest BCUT2D eigenvalue weighted by atomic mass is 10.1. The van der Waals surface area contributed by atoms with Gasteiger partial charge in [0.15, 0.2) is 5.82 Å². The lowest BCUT2D eigenvalue weighted by Gasteiger charge is -2.48. The minimum absolute atomic E-state index is 0.122. The number of piperazine rings is 1. The molecular weight excluding hydrogens is 506 g/mol. The molecule has 3 aliphatic rings. The molecule has 0 radical (unpaired) electrons. The van der Waals surface area contributed by atoms with Gasteiger partial charge in [-0.2, -0.15) is 10.2 Å². The molecule has 3 fully saturated rings. The third-order valence-corrected chi connectivity index (χ3v) is 7.68. The smallest absolute Gasteiger partial charge is 0.275 e. The number of nitriles is 1. The quantitative estimate of drug-likeness (QED) is 0.462.